The topological polar surface area (TPSA) is 72.9 Å². The van der Waals surface area contributed by atoms with E-state index in [0.29, 0.717) is 0 Å². The lowest BCUT2D eigenvalue weighted by atomic mass is 10.0. The molecule has 5 heteroatoms. The van der Waals surface area contributed by atoms with E-state index in [1.54, 1.807) is 4.68 Å². The van der Waals surface area contributed by atoms with Gasteiger partial charge in [-0.05, 0) is 32.4 Å². The van der Waals surface area contributed by atoms with Crippen molar-refractivity contribution in [2.45, 2.75) is 26.8 Å². The van der Waals surface area contributed by atoms with Crippen LogP contribution in [0.3, 0.4) is 0 Å². The summed E-state index contributed by atoms with van der Waals surface area (Å²) in [6.07, 6.45) is 0. The minimum Gasteiger partial charge on any atom is -0.370 e. The number of para-hydroxylation sites is 1. The summed E-state index contributed by atoms with van der Waals surface area (Å²) in [7, 11) is 1.86. The first kappa shape index (κ1) is 14.1. The van der Waals surface area contributed by atoms with Crippen molar-refractivity contribution in [3.8, 4) is 0 Å². The van der Waals surface area contributed by atoms with Gasteiger partial charge < -0.3 is 11.1 Å². The summed E-state index contributed by atoms with van der Waals surface area (Å²) in [5.41, 5.74) is 10.1. The van der Waals surface area contributed by atoms with Gasteiger partial charge in [-0.3, -0.25) is 9.48 Å². The third-order valence-corrected chi connectivity index (χ3v) is 3.58. The molecule has 1 aromatic heterocycles. The highest BCUT2D eigenvalue weighted by atomic mass is 16.1. The van der Waals surface area contributed by atoms with Crippen LogP contribution in [0.15, 0.2) is 24.3 Å². The third kappa shape index (κ3) is 2.52. The van der Waals surface area contributed by atoms with Crippen LogP contribution in [0.25, 0.3) is 0 Å². The fourth-order valence-corrected chi connectivity index (χ4v) is 2.38. The Morgan fingerprint density at radius 3 is 2.45 bits per heavy atom. The first-order chi connectivity index (χ1) is 9.41. The predicted octanol–water partition coefficient (Wildman–Crippen LogP) is 1.98. The van der Waals surface area contributed by atoms with E-state index >= 15 is 0 Å². The van der Waals surface area contributed by atoms with Gasteiger partial charge in [0.15, 0.2) is 0 Å². The van der Waals surface area contributed by atoms with Crippen LogP contribution in [-0.4, -0.2) is 15.7 Å². The Balaban J connectivity index is 2.43. The summed E-state index contributed by atoms with van der Waals surface area (Å²) in [6, 6.07) is 7.23. The predicted molar refractivity (Wildman–Crippen MR) is 79.4 cm³/mol. The number of nitrogens with one attached hydrogen (secondary N) is 1. The van der Waals surface area contributed by atoms with E-state index in [-0.39, 0.29) is 0 Å². The number of benzene rings is 1. The van der Waals surface area contributed by atoms with Crippen molar-refractivity contribution in [2.75, 3.05) is 5.32 Å². The number of amides is 1. The Morgan fingerprint density at radius 2 is 1.95 bits per heavy atom. The molecule has 2 rings (SSSR count). The second kappa shape index (κ2) is 5.36. The minimum absolute atomic E-state index is 0.410. The van der Waals surface area contributed by atoms with Gasteiger partial charge in [0.1, 0.15) is 6.04 Å². The normalized spacial score (nSPS) is 12.2. The highest BCUT2D eigenvalue weighted by molar-refractivity contribution is 5.85. The zero-order valence-corrected chi connectivity index (χ0v) is 12.3. The van der Waals surface area contributed by atoms with Crippen molar-refractivity contribution >= 4 is 11.6 Å². The number of hydrogen-bond donors (Lipinski definition) is 2. The van der Waals surface area contributed by atoms with Gasteiger partial charge in [-0.15, -0.1) is 0 Å². The molecule has 3 N–H and O–H groups in total. The van der Waals surface area contributed by atoms with E-state index in [1.165, 1.54) is 0 Å². The Morgan fingerprint density at radius 1 is 1.30 bits per heavy atom. The van der Waals surface area contributed by atoms with Gasteiger partial charge >= 0.3 is 0 Å². The molecule has 2 aromatic rings. The summed E-state index contributed by atoms with van der Waals surface area (Å²) in [6.45, 7) is 5.81. The third-order valence-electron chi connectivity index (χ3n) is 3.58. The van der Waals surface area contributed by atoms with Gasteiger partial charge in [0, 0.05) is 24.0 Å². The van der Waals surface area contributed by atoms with Crippen molar-refractivity contribution in [1.29, 1.82) is 0 Å². The van der Waals surface area contributed by atoms with Gasteiger partial charge in [-0.25, -0.2) is 0 Å². The van der Waals surface area contributed by atoms with Crippen molar-refractivity contribution in [3.05, 3.63) is 46.8 Å². The Labute approximate surface area is 118 Å². The molecule has 0 aliphatic carbocycles. The van der Waals surface area contributed by atoms with E-state index < -0.39 is 11.9 Å². The number of nitrogens with two attached hydrogens (primary N) is 1. The molecule has 0 aliphatic rings. The molecule has 0 bridgehead atoms. The van der Waals surface area contributed by atoms with Crippen LogP contribution in [0.2, 0.25) is 0 Å². The van der Waals surface area contributed by atoms with E-state index in [9.17, 15) is 4.79 Å². The number of rotatable bonds is 4. The quantitative estimate of drug-likeness (QED) is 0.894. The molecule has 1 aromatic carbocycles. The first-order valence-electron chi connectivity index (χ1n) is 6.53. The lowest BCUT2D eigenvalue weighted by Crippen LogP contribution is -2.29. The van der Waals surface area contributed by atoms with E-state index in [0.717, 1.165) is 28.2 Å². The minimum atomic E-state index is -0.579. The molecule has 0 saturated heterocycles. The van der Waals surface area contributed by atoms with Gasteiger partial charge in [0.2, 0.25) is 5.91 Å². The molecule has 0 saturated carbocycles. The molecule has 1 unspecified atom stereocenters. The highest BCUT2D eigenvalue weighted by Gasteiger charge is 2.25. The number of carbonyl (C=O) groups is 1. The van der Waals surface area contributed by atoms with Crippen LogP contribution >= 0.6 is 0 Å². The zero-order valence-electron chi connectivity index (χ0n) is 12.3. The van der Waals surface area contributed by atoms with Gasteiger partial charge in [0.05, 0.1) is 5.69 Å². The maximum absolute atomic E-state index is 11.9. The average Bonchev–Trinajstić information content (AvgIpc) is 2.63. The van der Waals surface area contributed by atoms with Crippen molar-refractivity contribution in [1.82, 2.24) is 9.78 Å². The van der Waals surface area contributed by atoms with E-state index in [2.05, 4.69) is 10.4 Å². The number of aromatic nitrogens is 2. The molecule has 0 aliphatic heterocycles. The Kier molecular flexibility index (Phi) is 3.79. The van der Waals surface area contributed by atoms with Gasteiger partial charge in [0.25, 0.3) is 0 Å². The van der Waals surface area contributed by atoms with Crippen LogP contribution in [0, 0.1) is 20.8 Å². The van der Waals surface area contributed by atoms with Gasteiger partial charge in [-0.1, -0.05) is 18.2 Å². The molecule has 106 valence electrons. The highest BCUT2D eigenvalue weighted by Crippen LogP contribution is 2.26. The Bertz CT molecular complexity index is 645. The molecule has 1 heterocycles. The number of aryl methyl sites for hydroxylation is 3. The standard InChI is InChI=1S/C15H20N4O/c1-9-7-5-6-8-12(9)17-14(15(16)20)13-10(2)18-19(4)11(13)3/h5-8,14,17H,1-4H3,(H2,16,20). The van der Waals surface area contributed by atoms with Crippen LogP contribution < -0.4 is 11.1 Å². The molecule has 1 amide bonds. The summed E-state index contributed by atoms with van der Waals surface area (Å²) in [5, 5.41) is 7.58. The molecule has 0 radical (unpaired) electrons. The lowest BCUT2D eigenvalue weighted by molar-refractivity contribution is -0.118. The van der Waals surface area contributed by atoms with Crippen LogP contribution in [0.5, 0.6) is 0 Å². The molecule has 5 nitrogen and oxygen atoms in total. The molecule has 0 fully saturated rings. The monoisotopic (exact) mass is 272 g/mol. The molecule has 20 heavy (non-hydrogen) atoms. The summed E-state index contributed by atoms with van der Waals surface area (Å²) in [5.74, 6) is -0.410. The van der Waals surface area contributed by atoms with Crippen molar-refractivity contribution < 1.29 is 4.79 Å². The average molecular weight is 272 g/mol. The van der Waals surface area contributed by atoms with E-state index in [4.69, 9.17) is 5.73 Å². The number of nitrogens with zero attached hydrogens (tertiary/aromatic N) is 2. The second-order valence-electron chi connectivity index (χ2n) is 5.00. The number of anilines is 1. The maximum Gasteiger partial charge on any atom is 0.244 e. The maximum atomic E-state index is 11.9. The number of carbonyl (C=O) groups excluding carboxylic acids is 1. The van der Waals surface area contributed by atoms with Crippen LogP contribution in [0.1, 0.15) is 28.6 Å². The fraction of sp³-hybridized carbons (Fsp3) is 0.333. The van der Waals surface area contributed by atoms with Gasteiger partial charge in [-0.2, -0.15) is 5.10 Å². The van der Waals surface area contributed by atoms with E-state index in [1.807, 2.05) is 52.1 Å². The van der Waals surface area contributed by atoms with Crippen LogP contribution in [-0.2, 0) is 11.8 Å². The summed E-state index contributed by atoms with van der Waals surface area (Å²) < 4.78 is 1.76. The van der Waals surface area contributed by atoms with Crippen LogP contribution in [0.4, 0.5) is 5.69 Å². The smallest absolute Gasteiger partial charge is 0.244 e. The molecular formula is C15H20N4O. The molecular weight excluding hydrogens is 252 g/mol. The zero-order chi connectivity index (χ0) is 14.9. The molecule has 1 atom stereocenters. The SMILES string of the molecule is Cc1ccccc1NC(C(N)=O)c1c(C)nn(C)c1C. The Hall–Kier alpha value is -2.30. The van der Waals surface area contributed by atoms with Crippen molar-refractivity contribution in [3.63, 3.8) is 0 Å². The lowest BCUT2D eigenvalue weighted by Gasteiger charge is -2.19. The number of hydrogen-bond acceptors (Lipinski definition) is 3. The van der Waals surface area contributed by atoms with Crippen molar-refractivity contribution in [2.24, 2.45) is 12.8 Å². The summed E-state index contributed by atoms with van der Waals surface area (Å²) in [4.78, 5) is 11.9. The summed E-state index contributed by atoms with van der Waals surface area (Å²) >= 11 is 0. The number of primary amides is 1. The fourth-order valence-electron chi connectivity index (χ4n) is 2.38. The second-order valence-corrected chi connectivity index (χ2v) is 5.00. The molecule has 0 spiro atoms. The largest absolute Gasteiger partial charge is 0.370 e. The first-order valence-corrected chi connectivity index (χ1v) is 6.53.